The summed E-state index contributed by atoms with van der Waals surface area (Å²) in [6, 6.07) is 1.18. The van der Waals surface area contributed by atoms with Crippen LogP contribution in [0.2, 0.25) is 0 Å². The molecule has 0 fully saturated rings. The van der Waals surface area contributed by atoms with E-state index in [1.54, 1.807) is 0 Å². The highest BCUT2D eigenvalue weighted by Gasteiger charge is 2.22. The van der Waals surface area contributed by atoms with Crippen LogP contribution in [0.3, 0.4) is 0 Å². The standard InChI is InChI=1S/C6H3FN2O4S/c7-3-1-6(14)5(9(12)13)2-4(3)8(10)11/h1-2,14H. The van der Waals surface area contributed by atoms with Crippen LogP contribution in [-0.2, 0) is 0 Å². The number of benzene rings is 1. The third-order valence-electron chi connectivity index (χ3n) is 1.44. The predicted molar refractivity (Wildman–Crippen MR) is 47.0 cm³/mol. The summed E-state index contributed by atoms with van der Waals surface area (Å²) in [6.07, 6.45) is 0. The van der Waals surface area contributed by atoms with E-state index in [0.717, 1.165) is 0 Å². The maximum atomic E-state index is 12.8. The van der Waals surface area contributed by atoms with Gasteiger partial charge in [-0.15, -0.1) is 12.6 Å². The lowest BCUT2D eigenvalue weighted by molar-refractivity contribution is -0.397. The van der Waals surface area contributed by atoms with Gasteiger partial charge in [0.1, 0.15) is 0 Å². The van der Waals surface area contributed by atoms with Gasteiger partial charge in [-0.1, -0.05) is 0 Å². The molecule has 0 spiro atoms. The maximum absolute atomic E-state index is 12.8. The van der Waals surface area contributed by atoms with Gasteiger partial charge in [0.15, 0.2) is 0 Å². The van der Waals surface area contributed by atoms with E-state index in [1.807, 2.05) is 0 Å². The van der Waals surface area contributed by atoms with Crippen molar-refractivity contribution in [2.45, 2.75) is 4.90 Å². The highest BCUT2D eigenvalue weighted by Crippen LogP contribution is 2.29. The lowest BCUT2D eigenvalue weighted by Gasteiger charge is -1.97. The van der Waals surface area contributed by atoms with Gasteiger partial charge in [-0.2, -0.15) is 4.39 Å². The molecule has 0 saturated heterocycles. The Bertz CT molecular complexity index is 387. The predicted octanol–water partition coefficient (Wildman–Crippen LogP) is 1.93. The molecule has 1 aromatic rings. The van der Waals surface area contributed by atoms with Gasteiger partial charge in [0.2, 0.25) is 5.82 Å². The maximum Gasteiger partial charge on any atom is 0.311 e. The first-order valence-electron chi connectivity index (χ1n) is 3.24. The fraction of sp³-hybridized carbons (Fsp3) is 0. The Kier molecular flexibility index (Phi) is 2.65. The molecule has 1 rings (SSSR count). The van der Waals surface area contributed by atoms with Gasteiger partial charge in [0.05, 0.1) is 20.8 Å². The van der Waals surface area contributed by atoms with Gasteiger partial charge in [-0.25, -0.2) is 0 Å². The molecular weight excluding hydrogens is 215 g/mol. The molecule has 0 radical (unpaired) electrons. The number of hydrogen-bond donors (Lipinski definition) is 1. The topological polar surface area (TPSA) is 86.3 Å². The summed E-state index contributed by atoms with van der Waals surface area (Å²) < 4.78 is 12.8. The Hall–Kier alpha value is -1.70. The molecule has 0 aliphatic carbocycles. The summed E-state index contributed by atoms with van der Waals surface area (Å²) in [4.78, 5) is 18.4. The minimum atomic E-state index is -1.15. The minimum Gasteiger partial charge on any atom is -0.258 e. The summed E-state index contributed by atoms with van der Waals surface area (Å²) >= 11 is 3.62. The first-order valence-corrected chi connectivity index (χ1v) is 3.69. The van der Waals surface area contributed by atoms with Crippen molar-refractivity contribution in [1.82, 2.24) is 0 Å². The summed E-state index contributed by atoms with van der Waals surface area (Å²) in [6.45, 7) is 0. The van der Waals surface area contributed by atoms with Crippen LogP contribution in [0.5, 0.6) is 0 Å². The van der Waals surface area contributed by atoms with Gasteiger partial charge in [0, 0.05) is 6.07 Å². The van der Waals surface area contributed by atoms with Crippen LogP contribution < -0.4 is 0 Å². The monoisotopic (exact) mass is 218 g/mol. The van der Waals surface area contributed by atoms with Crippen molar-refractivity contribution in [1.29, 1.82) is 0 Å². The van der Waals surface area contributed by atoms with Crippen molar-refractivity contribution in [3.8, 4) is 0 Å². The van der Waals surface area contributed by atoms with E-state index in [9.17, 15) is 24.6 Å². The molecule has 74 valence electrons. The van der Waals surface area contributed by atoms with Crippen molar-refractivity contribution >= 4 is 24.0 Å². The molecule has 0 aromatic heterocycles. The van der Waals surface area contributed by atoms with Gasteiger partial charge in [-0.3, -0.25) is 20.2 Å². The van der Waals surface area contributed by atoms with Crippen LogP contribution >= 0.6 is 12.6 Å². The molecule has 0 unspecified atom stereocenters. The Balaban J connectivity index is 3.42. The summed E-state index contributed by atoms with van der Waals surface area (Å²) in [7, 11) is 0. The van der Waals surface area contributed by atoms with E-state index < -0.39 is 27.0 Å². The Morgan fingerprint density at radius 3 is 2.07 bits per heavy atom. The summed E-state index contributed by atoms with van der Waals surface area (Å²) in [5.74, 6) is -1.15. The number of nitro benzene ring substituents is 2. The van der Waals surface area contributed by atoms with E-state index >= 15 is 0 Å². The molecule has 0 aliphatic heterocycles. The third kappa shape index (κ3) is 1.79. The van der Waals surface area contributed by atoms with Crippen molar-refractivity contribution in [3.63, 3.8) is 0 Å². The number of halogens is 1. The van der Waals surface area contributed by atoms with E-state index in [0.29, 0.717) is 12.1 Å². The van der Waals surface area contributed by atoms with Crippen LogP contribution in [-0.4, -0.2) is 9.85 Å². The van der Waals surface area contributed by atoms with E-state index in [-0.39, 0.29) is 4.90 Å². The second-order valence-electron chi connectivity index (χ2n) is 2.31. The van der Waals surface area contributed by atoms with Crippen molar-refractivity contribution in [2.75, 3.05) is 0 Å². The fourth-order valence-corrected chi connectivity index (χ4v) is 1.09. The normalized spacial score (nSPS) is 9.86. The fourth-order valence-electron chi connectivity index (χ4n) is 0.826. The number of thiol groups is 1. The second kappa shape index (κ2) is 3.58. The molecule has 0 heterocycles. The van der Waals surface area contributed by atoms with Crippen LogP contribution in [0, 0.1) is 26.0 Å². The average molecular weight is 218 g/mol. The van der Waals surface area contributed by atoms with Crippen LogP contribution in [0.1, 0.15) is 0 Å². The van der Waals surface area contributed by atoms with E-state index in [4.69, 9.17) is 0 Å². The molecule has 0 bridgehead atoms. The van der Waals surface area contributed by atoms with Crippen LogP contribution in [0.15, 0.2) is 17.0 Å². The highest BCUT2D eigenvalue weighted by molar-refractivity contribution is 7.80. The zero-order valence-electron chi connectivity index (χ0n) is 6.51. The second-order valence-corrected chi connectivity index (χ2v) is 2.79. The van der Waals surface area contributed by atoms with Gasteiger partial charge in [0.25, 0.3) is 5.69 Å². The lowest BCUT2D eigenvalue weighted by atomic mass is 10.2. The molecule has 14 heavy (non-hydrogen) atoms. The minimum absolute atomic E-state index is 0.252. The highest BCUT2D eigenvalue weighted by atomic mass is 32.1. The Morgan fingerprint density at radius 1 is 1.14 bits per heavy atom. The molecule has 0 amide bonds. The summed E-state index contributed by atoms with van der Waals surface area (Å²) in [5, 5.41) is 20.5. The third-order valence-corrected chi connectivity index (χ3v) is 1.80. The number of nitro groups is 2. The van der Waals surface area contributed by atoms with Crippen LogP contribution in [0.25, 0.3) is 0 Å². The zero-order chi connectivity index (χ0) is 10.9. The SMILES string of the molecule is O=[N+]([O-])c1cc([N+](=O)[O-])c(S)cc1F. The first-order chi connectivity index (χ1) is 6.43. The lowest BCUT2D eigenvalue weighted by Crippen LogP contribution is -1.96. The molecule has 0 N–H and O–H groups in total. The quantitative estimate of drug-likeness (QED) is 0.466. The molecule has 6 nitrogen and oxygen atoms in total. The molecule has 0 atom stereocenters. The van der Waals surface area contributed by atoms with Gasteiger partial charge < -0.3 is 0 Å². The Labute approximate surface area is 82.1 Å². The largest absolute Gasteiger partial charge is 0.311 e. The van der Waals surface area contributed by atoms with Gasteiger partial charge in [-0.05, 0) is 0 Å². The smallest absolute Gasteiger partial charge is 0.258 e. The number of rotatable bonds is 2. The average Bonchev–Trinajstić information content (AvgIpc) is 2.02. The molecular formula is C6H3FN2O4S. The van der Waals surface area contributed by atoms with E-state index in [1.165, 1.54) is 0 Å². The Morgan fingerprint density at radius 2 is 1.64 bits per heavy atom. The zero-order valence-corrected chi connectivity index (χ0v) is 7.40. The summed E-state index contributed by atoms with van der Waals surface area (Å²) in [5.41, 5.74) is -1.53. The molecule has 1 aromatic carbocycles. The first kappa shape index (κ1) is 10.4. The van der Waals surface area contributed by atoms with Gasteiger partial charge >= 0.3 is 5.69 Å². The van der Waals surface area contributed by atoms with Crippen molar-refractivity contribution in [2.24, 2.45) is 0 Å². The molecule has 0 saturated carbocycles. The molecule has 0 aliphatic rings. The van der Waals surface area contributed by atoms with E-state index in [2.05, 4.69) is 12.6 Å². The number of nitrogens with zero attached hydrogens (tertiary/aromatic N) is 2. The van der Waals surface area contributed by atoms with Crippen molar-refractivity contribution < 1.29 is 14.2 Å². The molecule has 8 heteroatoms. The van der Waals surface area contributed by atoms with Crippen LogP contribution in [0.4, 0.5) is 15.8 Å². The number of hydrogen-bond acceptors (Lipinski definition) is 5. The van der Waals surface area contributed by atoms with Crippen molar-refractivity contribution in [3.05, 3.63) is 38.2 Å².